The van der Waals surface area contributed by atoms with Gasteiger partial charge in [0, 0.05) is 0 Å². The van der Waals surface area contributed by atoms with Crippen LogP contribution in [0.1, 0.15) is 6.42 Å². The molecule has 1 N–H and O–H groups in total. The summed E-state index contributed by atoms with van der Waals surface area (Å²) in [4.78, 5) is 0. The van der Waals surface area contributed by atoms with E-state index in [2.05, 4.69) is 5.82 Å². The monoisotopic (exact) mass is 154 g/mol. The van der Waals surface area contributed by atoms with Crippen molar-refractivity contribution in [3.8, 4) is 0 Å². The van der Waals surface area contributed by atoms with E-state index < -0.39 is 0 Å². The molecule has 0 fully saturated rings. The van der Waals surface area contributed by atoms with Crippen LogP contribution in [0.25, 0.3) is 0 Å². The molecule has 0 aromatic rings. The van der Waals surface area contributed by atoms with Gasteiger partial charge in [0.25, 0.3) is 0 Å². The van der Waals surface area contributed by atoms with Gasteiger partial charge in [-0.15, -0.1) is 0 Å². The molecule has 0 saturated carbocycles. The van der Waals surface area contributed by atoms with Gasteiger partial charge in [0.1, 0.15) is 0 Å². The molecule has 0 heterocycles. The van der Waals surface area contributed by atoms with Gasteiger partial charge in [-0.3, -0.25) is 0 Å². The van der Waals surface area contributed by atoms with Crippen LogP contribution in [0, 0.1) is 0 Å². The average Bonchev–Trinajstić information content (AvgIpc) is 1.61. The fourth-order valence-corrected chi connectivity index (χ4v) is 1.09. The van der Waals surface area contributed by atoms with Gasteiger partial charge >= 0.3 is 44.2 Å². The van der Waals surface area contributed by atoms with Crippen LogP contribution in [0.15, 0.2) is 0 Å². The van der Waals surface area contributed by atoms with Crippen LogP contribution in [-0.4, -0.2) is 26.7 Å². The summed E-state index contributed by atoms with van der Waals surface area (Å²) in [6, 6.07) is 0. The van der Waals surface area contributed by atoms with Gasteiger partial charge in [0.05, 0.1) is 0 Å². The summed E-state index contributed by atoms with van der Waals surface area (Å²) < 4.78 is 0. The van der Waals surface area contributed by atoms with Crippen molar-refractivity contribution in [1.29, 1.82) is 0 Å². The maximum atomic E-state index is 8.21. The molecule has 0 unspecified atom stereocenters. The molecule has 0 aromatic heterocycles. The summed E-state index contributed by atoms with van der Waals surface area (Å²) >= 11 is 0.767. The first kappa shape index (κ1) is 6.48. The molecule has 0 aromatic carbocycles. The third kappa shape index (κ3) is 4.48. The van der Waals surface area contributed by atoms with Gasteiger partial charge in [-0.05, 0) is 0 Å². The summed E-state index contributed by atoms with van der Waals surface area (Å²) in [5.41, 5.74) is 0. The Balaban J connectivity index is 2.34. The van der Waals surface area contributed by atoms with Crippen molar-refractivity contribution >= 4 is 15.0 Å². The summed E-state index contributed by atoms with van der Waals surface area (Å²) in [6.07, 6.45) is 0.997. The fourth-order valence-electron chi connectivity index (χ4n) is 0.209. The molecule has 0 bridgehead atoms. The van der Waals surface area contributed by atoms with E-state index in [1.165, 1.54) is 5.32 Å². The number of aliphatic hydroxyl groups is 1. The molecular weight excluding hydrogens is 143 g/mol. The summed E-state index contributed by atoms with van der Waals surface area (Å²) in [7, 11) is 0. The summed E-state index contributed by atoms with van der Waals surface area (Å²) in [5.74, 6) is 2.18. The van der Waals surface area contributed by atoms with E-state index in [1.807, 2.05) is 0 Å². The second-order valence-corrected chi connectivity index (χ2v) is 3.14. The second-order valence-electron chi connectivity index (χ2n) is 1.07. The van der Waals surface area contributed by atoms with Crippen LogP contribution < -0.4 is 0 Å². The Kier molecular flexibility index (Phi) is 5.92. The SMILES string of the molecule is C[Se]CCCO. The average molecular weight is 153 g/mol. The Labute approximate surface area is 44.9 Å². The molecule has 0 aliphatic heterocycles. The first-order chi connectivity index (χ1) is 2.91. The Morgan fingerprint density at radius 2 is 2.33 bits per heavy atom. The Morgan fingerprint density at radius 3 is 2.50 bits per heavy atom. The zero-order valence-electron chi connectivity index (χ0n) is 3.98. The molecule has 0 atom stereocenters. The molecule has 6 heavy (non-hydrogen) atoms. The molecule has 38 valence electrons. The van der Waals surface area contributed by atoms with E-state index in [0.717, 1.165) is 21.4 Å². The molecule has 1 nitrogen and oxygen atoms in total. The van der Waals surface area contributed by atoms with Crippen LogP contribution in [0.4, 0.5) is 0 Å². The standard InChI is InChI=1S/C4H10OSe/c1-6-4-2-3-5/h5H,2-4H2,1H3. The van der Waals surface area contributed by atoms with E-state index in [0.29, 0.717) is 6.61 Å². The van der Waals surface area contributed by atoms with Crippen molar-refractivity contribution in [2.75, 3.05) is 6.61 Å². The maximum absolute atomic E-state index is 8.21. The fraction of sp³-hybridized carbons (Fsp3) is 1.00. The predicted octanol–water partition coefficient (Wildman–Crippen LogP) is 0.539. The second kappa shape index (κ2) is 5.48. The third-order valence-corrected chi connectivity index (χ3v) is 1.97. The molecule has 0 aliphatic carbocycles. The Bertz CT molecular complexity index is 19.5. The van der Waals surface area contributed by atoms with Gasteiger partial charge in [-0.25, -0.2) is 0 Å². The van der Waals surface area contributed by atoms with Crippen LogP contribution in [0.5, 0.6) is 0 Å². The minimum atomic E-state index is 0.371. The molecule has 0 radical (unpaired) electrons. The van der Waals surface area contributed by atoms with Gasteiger partial charge < -0.3 is 0 Å². The molecule has 0 saturated heterocycles. The zero-order valence-corrected chi connectivity index (χ0v) is 5.69. The van der Waals surface area contributed by atoms with Gasteiger partial charge in [-0.2, -0.15) is 0 Å². The van der Waals surface area contributed by atoms with Gasteiger partial charge in [-0.1, -0.05) is 0 Å². The first-order valence-electron chi connectivity index (χ1n) is 2.01. The first-order valence-corrected chi connectivity index (χ1v) is 4.94. The number of aliphatic hydroxyl groups excluding tert-OH is 1. The van der Waals surface area contributed by atoms with Crippen LogP contribution in [-0.2, 0) is 0 Å². The van der Waals surface area contributed by atoms with E-state index in [9.17, 15) is 0 Å². The van der Waals surface area contributed by atoms with Crippen molar-refractivity contribution < 1.29 is 5.11 Å². The molecule has 0 rings (SSSR count). The molecule has 0 amide bonds. The third-order valence-electron chi connectivity index (χ3n) is 0.507. The normalized spacial score (nSPS) is 9.00. The van der Waals surface area contributed by atoms with E-state index in [1.54, 1.807) is 0 Å². The molecular formula is C4H10OSe. The van der Waals surface area contributed by atoms with E-state index >= 15 is 0 Å². The van der Waals surface area contributed by atoms with Crippen molar-refractivity contribution in [2.45, 2.75) is 17.6 Å². The topological polar surface area (TPSA) is 20.2 Å². The number of hydrogen-bond donors (Lipinski definition) is 1. The van der Waals surface area contributed by atoms with Crippen molar-refractivity contribution in [2.24, 2.45) is 0 Å². The molecule has 0 aliphatic rings. The van der Waals surface area contributed by atoms with Gasteiger partial charge in [0.15, 0.2) is 0 Å². The summed E-state index contributed by atoms with van der Waals surface area (Å²) in [5, 5.41) is 9.43. The Morgan fingerprint density at radius 1 is 1.67 bits per heavy atom. The predicted molar refractivity (Wildman–Crippen MR) is 28.1 cm³/mol. The van der Waals surface area contributed by atoms with Crippen molar-refractivity contribution in [3.05, 3.63) is 0 Å². The van der Waals surface area contributed by atoms with E-state index in [-0.39, 0.29) is 0 Å². The van der Waals surface area contributed by atoms with Gasteiger partial charge in [0.2, 0.25) is 0 Å². The molecule has 0 spiro atoms. The number of rotatable bonds is 3. The van der Waals surface area contributed by atoms with Crippen molar-refractivity contribution in [1.82, 2.24) is 0 Å². The van der Waals surface area contributed by atoms with Crippen LogP contribution in [0.2, 0.25) is 11.1 Å². The van der Waals surface area contributed by atoms with Crippen LogP contribution >= 0.6 is 0 Å². The number of hydrogen-bond acceptors (Lipinski definition) is 1. The quantitative estimate of drug-likeness (QED) is 0.463. The molecule has 2 heteroatoms. The minimum absolute atomic E-state index is 0.371. The van der Waals surface area contributed by atoms with E-state index in [4.69, 9.17) is 5.11 Å². The van der Waals surface area contributed by atoms with Crippen molar-refractivity contribution in [3.63, 3.8) is 0 Å². The Hall–Kier alpha value is 0.479. The van der Waals surface area contributed by atoms with Crippen LogP contribution in [0.3, 0.4) is 0 Å². The summed E-state index contributed by atoms with van der Waals surface area (Å²) in [6.45, 7) is 0.371. The zero-order chi connectivity index (χ0) is 4.83.